The number of carbonyl (C=O) groups is 5. The van der Waals surface area contributed by atoms with E-state index < -0.39 is 77.7 Å². The highest BCUT2D eigenvalue weighted by Gasteiger charge is 2.85. The molecule has 2 fully saturated rings. The summed E-state index contributed by atoms with van der Waals surface area (Å²) < 4.78 is 22.0. The number of aliphatic hydroxyl groups is 2. The fourth-order valence-corrected chi connectivity index (χ4v) is 6.28. The minimum absolute atomic E-state index is 0.160. The van der Waals surface area contributed by atoms with Crippen LogP contribution in [-0.2, 0) is 49.3 Å². The Kier molecular flexibility index (Phi) is 12.3. The lowest BCUT2D eigenvalue weighted by molar-refractivity contribution is -0.374. The first-order chi connectivity index (χ1) is 22.9. The van der Waals surface area contributed by atoms with Crippen LogP contribution in [0.5, 0.6) is 0 Å². The molecule has 5 N–H and O–H groups in total. The minimum Gasteiger partial charge on any atom is -0.479 e. The van der Waals surface area contributed by atoms with Crippen LogP contribution in [0.4, 0.5) is 0 Å². The van der Waals surface area contributed by atoms with E-state index in [2.05, 4.69) is 6.58 Å². The van der Waals surface area contributed by atoms with E-state index in [1.54, 1.807) is 13.8 Å². The zero-order valence-corrected chi connectivity index (χ0v) is 28.0. The second-order valence-electron chi connectivity index (χ2n) is 12.6. The summed E-state index contributed by atoms with van der Waals surface area (Å²) in [5.41, 5.74) is -5.67. The highest BCUT2D eigenvalue weighted by molar-refractivity contribution is 5.98. The van der Waals surface area contributed by atoms with Gasteiger partial charge in [0.05, 0.1) is 0 Å². The van der Waals surface area contributed by atoms with Crippen LogP contribution in [0, 0.1) is 11.8 Å². The molecular weight excluding hydrogens is 644 g/mol. The summed E-state index contributed by atoms with van der Waals surface area (Å²) >= 11 is 0. The van der Waals surface area contributed by atoms with Crippen molar-refractivity contribution in [1.29, 1.82) is 0 Å². The summed E-state index contributed by atoms with van der Waals surface area (Å²) in [6.45, 7) is 12.6. The second kappa shape index (κ2) is 15.5. The van der Waals surface area contributed by atoms with Crippen LogP contribution in [-0.4, -0.2) is 96.8 Å². The van der Waals surface area contributed by atoms with E-state index in [-0.39, 0.29) is 23.8 Å². The molecule has 14 heteroatoms. The molecule has 0 aliphatic carbocycles. The van der Waals surface area contributed by atoms with Crippen LogP contribution >= 0.6 is 0 Å². The van der Waals surface area contributed by atoms with Gasteiger partial charge in [0.25, 0.3) is 0 Å². The monoisotopic (exact) mass is 688 g/mol. The topological polar surface area (TPSA) is 223 Å². The molecule has 1 unspecified atom stereocenters. The maximum atomic E-state index is 13.0. The van der Waals surface area contributed by atoms with Crippen molar-refractivity contribution in [2.75, 3.05) is 0 Å². The van der Waals surface area contributed by atoms with Gasteiger partial charge in [-0.2, -0.15) is 0 Å². The Morgan fingerprint density at radius 2 is 1.65 bits per heavy atom. The van der Waals surface area contributed by atoms with Gasteiger partial charge >= 0.3 is 29.8 Å². The number of ether oxygens (including phenoxy) is 4. The molecule has 2 saturated heterocycles. The van der Waals surface area contributed by atoms with Gasteiger partial charge in [0.1, 0.15) is 12.2 Å². The number of allylic oxidation sites excluding steroid dienone is 3. The number of hydrogen-bond donors (Lipinski definition) is 5. The first kappa shape index (κ1) is 39.1. The third-order valence-electron chi connectivity index (χ3n) is 8.93. The molecule has 49 heavy (non-hydrogen) atoms. The Hall–Kier alpha value is -4.37. The van der Waals surface area contributed by atoms with Gasteiger partial charge in [-0.3, -0.25) is 4.79 Å². The third-order valence-corrected chi connectivity index (χ3v) is 8.93. The van der Waals surface area contributed by atoms with E-state index in [4.69, 9.17) is 18.9 Å². The number of hydrogen-bond acceptors (Lipinski definition) is 11. The maximum Gasteiger partial charge on any atom is 0.344 e. The molecule has 0 saturated carbocycles. The molecule has 0 radical (unpaired) electrons. The fraction of sp³-hybridized carbons (Fsp3) is 0.514. The van der Waals surface area contributed by atoms with Gasteiger partial charge in [-0.15, -0.1) is 0 Å². The van der Waals surface area contributed by atoms with Gasteiger partial charge < -0.3 is 44.5 Å². The molecular formula is C35H44O14. The molecule has 0 aromatic heterocycles. The van der Waals surface area contributed by atoms with Crippen molar-refractivity contribution >= 4 is 29.8 Å². The SMILES string of the molecule is C=C(CC[C@@]12O[C@H](C(=O)O)[C@@](O)(C(=O)O)[C@@](C(=O)O)(O1)[C@H](OC(=O)/C=C/C(C)=C/C(C)CC)[C@H]2O)[C@@H](OC(C)=O)[C@H](C)Cc1ccccc1. The number of rotatable bonds is 16. The number of fused-ring (bicyclic) bond motifs is 2. The molecule has 2 bridgehead atoms. The first-order valence-corrected chi connectivity index (χ1v) is 15.8. The van der Waals surface area contributed by atoms with Crippen LogP contribution in [0.15, 0.2) is 66.3 Å². The van der Waals surface area contributed by atoms with Gasteiger partial charge in [-0.1, -0.05) is 81.8 Å². The van der Waals surface area contributed by atoms with E-state index in [0.717, 1.165) is 18.1 Å². The average molecular weight is 689 g/mol. The Balaban J connectivity index is 2.04. The van der Waals surface area contributed by atoms with E-state index in [9.17, 15) is 49.5 Å². The van der Waals surface area contributed by atoms with E-state index in [1.807, 2.05) is 50.3 Å². The van der Waals surface area contributed by atoms with E-state index in [0.29, 0.717) is 12.0 Å². The fourth-order valence-electron chi connectivity index (χ4n) is 6.28. The summed E-state index contributed by atoms with van der Waals surface area (Å²) in [6.07, 6.45) is -4.04. The molecule has 0 spiro atoms. The number of carbonyl (C=O) groups excluding carboxylic acids is 2. The number of aliphatic hydroxyl groups excluding tert-OH is 1. The number of carboxylic acid groups (broad SMARTS) is 3. The van der Waals surface area contributed by atoms with Gasteiger partial charge in [-0.05, 0) is 36.8 Å². The third kappa shape index (κ3) is 7.77. The maximum absolute atomic E-state index is 13.0. The van der Waals surface area contributed by atoms with E-state index in [1.165, 1.54) is 13.0 Å². The largest absolute Gasteiger partial charge is 0.479 e. The molecule has 3 rings (SSSR count). The molecule has 268 valence electrons. The Morgan fingerprint density at radius 3 is 2.18 bits per heavy atom. The second-order valence-corrected chi connectivity index (χ2v) is 12.6. The molecule has 2 aliphatic rings. The van der Waals surface area contributed by atoms with Crippen molar-refractivity contribution in [2.24, 2.45) is 11.8 Å². The predicted octanol–water partition coefficient (Wildman–Crippen LogP) is 2.80. The van der Waals surface area contributed by atoms with Crippen LogP contribution in [0.25, 0.3) is 0 Å². The lowest BCUT2D eigenvalue weighted by atomic mass is 9.74. The Morgan fingerprint density at radius 1 is 1.02 bits per heavy atom. The van der Waals surface area contributed by atoms with Gasteiger partial charge in [-0.25, -0.2) is 19.2 Å². The summed E-state index contributed by atoms with van der Waals surface area (Å²) in [5.74, 6) is -11.4. The normalized spacial score (nSPS) is 29.9. The summed E-state index contributed by atoms with van der Waals surface area (Å²) in [7, 11) is 0. The predicted molar refractivity (Wildman–Crippen MR) is 171 cm³/mol. The highest BCUT2D eigenvalue weighted by Crippen LogP contribution is 2.56. The van der Waals surface area contributed by atoms with Crippen LogP contribution in [0.2, 0.25) is 0 Å². The average Bonchev–Trinajstić information content (AvgIpc) is 3.25. The smallest absolute Gasteiger partial charge is 0.344 e. The Labute approximate surface area is 283 Å². The molecule has 1 aromatic rings. The zero-order valence-electron chi connectivity index (χ0n) is 28.0. The molecule has 9 atom stereocenters. The van der Waals surface area contributed by atoms with Crippen LogP contribution in [0.1, 0.15) is 59.4 Å². The highest BCUT2D eigenvalue weighted by atomic mass is 16.8. The van der Waals surface area contributed by atoms with Crippen LogP contribution < -0.4 is 0 Å². The number of esters is 2. The van der Waals surface area contributed by atoms with Crippen molar-refractivity contribution in [3.8, 4) is 0 Å². The molecule has 2 aliphatic heterocycles. The van der Waals surface area contributed by atoms with Gasteiger partial charge in [0, 0.05) is 25.3 Å². The van der Waals surface area contributed by atoms with Crippen molar-refractivity contribution in [1.82, 2.24) is 0 Å². The molecule has 14 nitrogen and oxygen atoms in total. The summed E-state index contributed by atoms with van der Waals surface area (Å²) in [6, 6.07) is 9.27. The van der Waals surface area contributed by atoms with Crippen molar-refractivity contribution in [3.05, 3.63) is 71.8 Å². The zero-order chi connectivity index (χ0) is 36.9. The van der Waals surface area contributed by atoms with Crippen molar-refractivity contribution in [3.63, 3.8) is 0 Å². The van der Waals surface area contributed by atoms with E-state index >= 15 is 0 Å². The summed E-state index contributed by atoms with van der Waals surface area (Å²) in [5, 5.41) is 53.5. The molecule has 0 amide bonds. The lowest BCUT2D eigenvalue weighted by Crippen LogP contribution is -2.78. The van der Waals surface area contributed by atoms with Gasteiger partial charge in [0.2, 0.25) is 23.1 Å². The summed E-state index contributed by atoms with van der Waals surface area (Å²) in [4.78, 5) is 62.9. The standard InChI is InChI=1S/C35H44O14/c1-7-19(2)17-20(3)13-14-25(37)47-28-27(38)33(48-29(30(39)40)34(45,31(41)42)35(28,49-33)32(43)44)16-15-21(4)26(46-23(6)36)22(5)18-24-11-9-8-10-12-24/h8-14,17,19,22,26-29,38,45H,4,7,15-16,18H2,1-3,5-6H3,(H,39,40)(H,41,42)(H,43,44)/b14-13+,20-17+/t19?,22-,26-,27-,28-,29-,33-,34-,35-/m1/s1. The van der Waals surface area contributed by atoms with Gasteiger partial charge in [0.15, 0.2) is 6.10 Å². The van der Waals surface area contributed by atoms with Crippen molar-refractivity contribution in [2.45, 2.75) is 102 Å². The first-order valence-electron chi connectivity index (χ1n) is 15.8. The number of carboxylic acids is 3. The minimum atomic E-state index is -3.91. The molecule has 2 heterocycles. The number of benzene rings is 1. The quantitative estimate of drug-likeness (QED) is 0.0729. The van der Waals surface area contributed by atoms with Crippen molar-refractivity contribution < 1.29 is 68.5 Å². The van der Waals surface area contributed by atoms with Crippen LogP contribution in [0.3, 0.4) is 0 Å². The lowest BCUT2D eigenvalue weighted by Gasteiger charge is -2.48. The number of aliphatic carboxylic acids is 3. The Bertz CT molecular complexity index is 1500. The molecule has 1 aromatic carbocycles.